The Hall–Kier alpha value is -3.65. The van der Waals surface area contributed by atoms with Crippen molar-refractivity contribution in [1.29, 1.82) is 0 Å². The molecule has 2 atom stereocenters. The van der Waals surface area contributed by atoms with Gasteiger partial charge in [-0.1, -0.05) is 79.2 Å². The monoisotopic (exact) mass is 563 g/mol. The van der Waals surface area contributed by atoms with Crippen LogP contribution < -0.4 is 9.62 Å². The summed E-state index contributed by atoms with van der Waals surface area (Å²) in [6, 6.07) is 21.8. The molecular weight excluding hydrogens is 522 g/mol. The van der Waals surface area contributed by atoms with Crippen LogP contribution in [-0.4, -0.2) is 50.0 Å². The molecule has 0 radical (unpaired) electrons. The Morgan fingerprint density at radius 1 is 0.900 bits per heavy atom. The molecule has 0 aliphatic carbocycles. The third-order valence-corrected chi connectivity index (χ3v) is 8.36. The SMILES string of the molecule is CC[C@H](C)NC(=O)[C@H](Cc1ccccc1)N(Cc1cccc(C)c1)C(=O)CN(c1cccc(C)c1C)S(C)(=O)=O. The number of nitrogens with zero attached hydrogens (tertiary/aromatic N) is 2. The summed E-state index contributed by atoms with van der Waals surface area (Å²) in [6.07, 6.45) is 2.14. The first kappa shape index (κ1) is 30.9. The van der Waals surface area contributed by atoms with E-state index >= 15 is 0 Å². The molecule has 0 saturated carbocycles. The topological polar surface area (TPSA) is 86.8 Å². The Balaban J connectivity index is 2.09. The van der Waals surface area contributed by atoms with Gasteiger partial charge >= 0.3 is 0 Å². The number of hydrogen-bond donors (Lipinski definition) is 1. The predicted octanol–water partition coefficient (Wildman–Crippen LogP) is 4.93. The summed E-state index contributed by atoms with van der Waals surface area (Å²) in [6.45, 7) is 9.37. The predicted molar refractivity (Wildman–Crippen MR) is 162 cm³/mol. The molecular formula is C32H41N3O4S. The standard InChI is InChI=1S/C32H41N3O4S/c1-7-25(4)33-32(37)30(20-27-15-9-8-10-16-27)34(21-28-17-11-13-23(2)19-28)31(36)22-35(40(6,38)39)29-18-12-14-24(3)26(29)5/h8-19,25,30H,7,20-22H2,1-6H3,(H,33,37)/t25-,30-/m0/s1. The first-order chi connectivity index (χ1) is 18.9. The average molecular weight is 564 g/mol. The Morgan fingerprint density at radius 3 is 2.17 bits per heavy atom. The van der Waals surface area contributed by atoms with E-state index in [2.05, 4.69) is 5.32 Å². The van der Waals surface area contributed by atoms with Crippen LogP contribution in [0.2, 0.25) is 0 Å². The molecule has 0 fully saturated rings. The quantitative estimate of drug-likeness (QED) is 0.339. The summed E-state index contributed by atoms with van der Waals surface area (Å²) in [5.74, 6) is -0.718. The van der Waals surface area contributed by atoms with Crippen LogP contribution in [0.15, 0.2) is 72.8 Å². The molecule has 0 aliphatic rings. The van der Waals surface area contributed by atoms with E-state index in [1.54, 1.807) is 12.1 Å². The van der Waals surface area contributed by atoms with Crippen LogP contribution in [0.3, 0.4) is 0 Å². The summed E-state index contributed by atoms with van der Waals surface area (Å²) < 4.78 is 27.2. The van der Waals surface area contributed by atoms with Gasteiger partial charge in [0.2, 0.25) is 21.8 Å². The van der Waals surface area contributed by atoms with Crippen LogP contribution in [0.25, 0.3) is 0 Å². The lowest BCUT2D eigenvalue weighted by molar-refractivity contribution is -0.140. The fourth-order valence-corrected chi connectivity index (χ4v) is 5.50. The van der Waals surface area contributed by atoms with Gasteiger partial charge in [0.25, 0.3) is 0 Å². The summed E-state index contributed by atoms with van der Waals surface area (Å²) in [5.41, 5.74) is 4.95. The molecule has 40 heavy (non-hydrogen) atoms. The fourth-order valence-electron chi connectivity index (χ4n) is 4.60. The second-order valence-electron chi connectivity index (χ2n) is 10.5. The Kier molecular flexibility index (Phi) is 10.5. The number of carbonyl (C=O) groups is 2. The second-order valence-corrected chi connectivity index (χ2v) is 12.4. The normalized spacial score (nSPS) is 12.8. The van der Waals surface area contributed by atoms with Crippen LogP contribution in [0.1, 0.15) is 48.1 Å². The van der Waals surface area contributed by atoms with Gasteiger partial charge in [0.1, 0.15) is 12.6 Å². The van der Waals surface area contributed by atoms with Gasteiger partial charge in [-0.25, -0.2) is 8.42 Å². The number of anilines is 1. The molecule has 0 heterocycles. The minimum absolute atomic E-state index is 0.0795. The van der Waals surface area contributed by atoms with E-state index in [9.17, 15) is 18.0 Å². The zero-order valence-corrected chi connectivity index (χ0v) is 25.2. The van der Waals surface area contributed by atoms with Crippen molar-refractivity contribution >= 4 is 27.5 Å². The van der Waals surface area contributed by atoms with E-state index < -0.39 is 28.5 Å². The van der Waals surface area contributed by atoms with E-state index in [1.165, 1.54) is 4.90 Å². The summed E-state index contributed by atoms with van der Waals surface area (Å²) >= 11 is 0. The second kappa shape index (κ2) is 13.6. The third-order valence-electron chi connectivity index (χ3n) is 7.23. The molecule has 3 aromatic rings. The van der Waals surface area contributed by atoms with Gasteiger partial charge in [-0.3, -0.25) is 13.9 Å². The highest BCUT2D eigenvalue weighted by Gasteiger charge is 2.33. The number of carbonyl (C=O) groups excluding carboxylic acids is 2. The maximum atomic E-state index is 14.2. The highest BCUT2D eigenvalue weighted by Crippen LogP contribution is 2.26. The lowest BCUT2D eigenvalue weighted by Crippen LogP contribution is -2.54. The van der Waals surface area contributed by atoms with Crippen molar-refractivity contribution in [2.45, 2.75) is 66.1 Å². The molecule has 0 spiro atoms. The molecule has 7 nitrogen and oxygen atoms in total. The molecule has 0 unspecified atom stereocenters. The van der Waals surface area contributed by atoms with Gasteiger partial charge in [0.05, 0.1) is 11.9 Å². The number of hydrogen-bond acceptors (Lipinski definition) is 4. The smallest absolute Gasteiger partial charge is 0.244 e. The third kappa shape index (κ3) is 8.18. The van der Waals surface area contributed by atoms with Gasteiger partial charge in [0, 0.05) is 19.0 Å². The van der Waals surface area contributed by atoms with Crippen molar-refractivity contribution in [2.24, 2.45) is 0 Å². The number of aryl methyl sites for hydroxylation is 2. The van der Waals surface area contributed by atoms with Crippen molar-refractivity contribution in [3.63, 3.8) is 0 Å². The summed E-state index contributed by atoms with van der Waals surface area (Å²) in [7, 11) is -3.81. The lowest BCUT2D eigenvalue weighted by atomic mass is 10.0. The molecule has 8 heteroatoms. The van der Waals surface area contributed by atoms with Crippen molar-refractivity contribution in [3.8, 4) is 0 Å². The molecule has 0 aromatic heterocycles. The highest BCUT2D eigenvalue weighted by atomic mass is 32.2. The van der Waals surface area contributed by atoms with Gasteiger partial charge in [-0.15, -0.1) is 0 Å². The number of sulfonamides is 1. The minimum atomic E-state index is -3.81. The van der Waals surface area contributed by atoms with Crippen molar-refractivity contribution in [1.82, 2.24) is 10.2 Å². The fraction of sp³-hybridized carbons (Fsp3) is 0.375. The van der Waals surface area contributed by atoms with E-state index in [-0.39, 0.29) is 18.5 Å². The van der Waals surface area contributed by atoms with E-state index in [4.69, 9.17) is 0 Å². The molecule has 0 bridgehead atoms. The van der Waals surface area contributed by atoms with E-state index in [0.29, 0.717) is 12.1 Å². The van der Waals surface area contributed by atoms with Crippen LogP contribution in [-0.2, 0) is 32.6 Å². The zero-order valence-electron chi connectivity index (χ0n) is 24.3. The Labute approximate surface area is 239 Å². The maximum Gasteiger partial charge on any atom is 0.244 e. The lowest BCUT2D eigenvalue weighted by Gasteiger charge is -2.34. The molecule has 0 aliphatic heterocycles. The largest absolute Gasteiger partial charge is 0.352 e. The molecule has 1 N–H and O–H groups in total. The number of nitrogens with one attached hydrogen (secondary N) is 1. The first-order valence-electron chi connectivity index (χ1n) is 13.6. The number of rotatable bonds is 12. The Bertz CT molecular complexity index is 1420. The van der Waals surface area contributed by atoms with Crippen LogP contribution in [0, 0.1) is 20.8 Å². The van der Waals surface area contributed by atoms with E-state index in [1.807, 2.05) is 95.3 Å². The average Bonchev–Trinajstić information content (AvgIpc) is 2.90. The van der Waals surface area contributed by atoms with Crippen molar-refractivity contribution < 1.29 is 18.0 Å². The maximum absolute atomic E-state index is 14.2. The van der Waals surface area contributed by atoms with Gasteiger partial charge in [-0.05, 0) is 62.4 Å². The van der Waals surface area contributed by atoms with Gasteiger partial charge in [-0.2, -0.15) is 0 Å². The Morgan fingerprint density at radius 2 is 1.55 bits per heavy atom. The summed E-state index contributed by atoms with van der Waals surface area (Å²) in [4.78, 5) is 29.5. The van der Waals surface area contributed by atoms with Gasteiger partial charge in [0.15, 0.2) is 0 Å². The van der Waals surface area contributed by atoms with Crippen LogP contribution >= 0.6 is 0 Å². The number of amides is 2. The van der Waals surface area contributed by atoms with Crippen molar-refractivity contribution in [2.75, 3.05) is 17.1 Å². The van der Waals surface area contributed by atoms with Crippen LogP contribution in [0.4, 0.5) is 5.69 Å². The molecule has 0 saturated heterocycles. The zero-order chi connectivity index (χ0) is 29.4. The summed E-state index contributed by atoms with van der Waals surface area (Å²) in [5, 5.41) is 3.05. The molecule has 3 aromatic carbocycles. The number of benzene rings is 3. The molecule has 2 amide bonds. The molecule has 3 rings (SSSR count). The molecule has 214 valence electrons. The van der Waals surface area contributed by atoms with Crippen molar-refractivity contribution in [3.05, 3.63) is 101 Å². The first-order valence-corrected chi connectivity index (χ1v) is 15.5. The minimum Gasteiger partial charge on any atom is -0.352 e. The van der Waals surface area contributed by atoms with Gasteiger partial charge < -0.3 is 10.2 Å². The van der Waals surface area contributed by atoms with Crippen LogP contribution in [0.5, 0.6) is 0 Å². The highest BCUT2D eigenvalue weighted by molar-refractivity contribution is 7.92. The van der Waals surface area contributed by atoms with E-state index in [0.717, 1.165) is 44.8 Å².